The van der Waals surface area contributed by atoms with Gasteiger partial charge in [0.25, 0.3) is 0 Å². The third-order valence-electron chi connectivity index (χ3n) is 4.21. The molecule has 3 atom stereocenters. The minimum atomic E-state index is -0.178. The van der Waals surface area contributed by atoms with Gasteiger partial charge in [-0.15, -0.1) is 0 Å². The normalized spacial score (nSPS) is 24.2. The van der Waals surface area contributed by atoms with Gasteiger partial charge in [-0.05, 0) is 25.7 Å². The van der Waals surface area contributed by atoms with Crippen molar-refractivity contribution in [3.05, 3.63) is 11.8 Å². The highest BCUT2D eigenvalue weighted by Crippen LogP contribution is 2.21. The number of carbonyl (C=O) groups excluding carboxylic acids is 1. The molecular weight excluding hydrogens is 292 g/mol. The fraction of sp³-hybridized carbons (Fsp3) is 0.765. The number of anilines is 1. The van der Waals surface area contributed by atoms with E-state index in [9.17, 15) is 4.79 Å². The van der Waals surface area contributed by atoms with Crippen molar-refractivity contribution in [3.8, 4) is 0 Å². The Morgan fingerprint density at radius 1 is 1.30 bits per heavy atom. The SMILES string of the molecule is CC1CN(C(C(=O)Nc2cc(C(C)C)[nH]n2)C(C)C)CC(C)O1. The average molecular weight is 322 g/mol. The molecule has 1 aliphatic heterocycles. The van der Waals surface area contributed by atoms with Crippen molar-refractivity contribution in [2.75, 3.05) is 18.4 Å². The molecule has 0 aliphatic carbocycles. The Labute approximate surface area is 139 Å². The second-order valence-corrected chi connectivity index (χ2v) is 7.25. The van der Waals surface area contributed by atoms with Crippen molar-refractivity contribution in [1.82, 2.24) is 15.1 Å². The van der Waals surface area contributed by atoms with E-state index in [4.69, 9.17) is 4.74 Å². The molecule has 0 spiro atoms. The lowest BCUT2D eigenvalue weighted by molar-refractivity contribution is -0.130. The van der Waals surface area contributed by atoms with Crippen molar-refractivity contribution < 1.29 is 9.53 Å². The Morgan fingerprint density at radius 2 is 1.91 bits per heavy atom. The molecule has 1 fully saturated rings. The van der Waals surface area contributed by atoms with Crippen molar-refractivity contribution in [3.63, 3.8) is 0 Å². The Balaban J connectivity index is 2.08. The molecule has 6 heteroatoms. The Morgan fingerprint density at radius 3 is 2.39 bits per heavy atom. The van der Waals surface area contributed by atoms with Crippen LogP contribution in [0.15, 0.2) is 6.07 Å². The summed E-state index contributed by atoms with van der Waals surface area (Å²) < 4.78 is 5.78. The van der Waals surface area contributed by atoms with Crippen molar-refractivity contribution in [1.29, 1.82) is 0 Å². The largest absolute Gasteiger partial charge is 0.373 e. The maximum absolute atomic E-state index is 12.8. The molecule has 0 radical (unpaired) electrons. The molecule has 1 amide bonds. The number of ether oxygens (including phenoxy) is 1. The maximum atomic E-state index is 12.8. The Bertz CT molecular complexity index is 516. The third-order valence-corrected chi connectivity index (χ3v) is 4.21. The van der Waals surface area contributed by atoms with Gasteiger partial charge in [-0.3, -0.25) is 14.8 Å². The molecule has 2 N–H and O–H groups in total. The minimum absolute atomic E-state index is 0.00288. The van der Waals surface area contributed by atoms with Crippen LogP contribution >= 0.6 is 0 Å². The summed E-state index contributed by atoms with van der Waals surface area (Å²) in [7, 11) is 0. The molecule has 2 heterocycles. The van der Waals surface area contributed by atoms with Crippen LogP contribution in [0.2, 0.25) is 0 Å². The molecule has 0 saturated carbocycles. The van der Waals surface area contributed by atoms with Gasteiger partial charge in [-0.25, -0.2) is 0 Å². The van der Waals surface area contributed by atoms with Gasteiger partial charge in [0.15, 0.2) is 5.82 Å². The fourth-order valence-electron chi connectivity index (χ4n) is 3.23. The van der Waals surface area contributed by atoms with Crippen molar-refractivity contribution in [2.45, 2.75) is 65.7 Å². The van der Waals surface area contributed by atoms with Crippen LogP contribution < -0.4 is 5.32 Å². The van der Waals surface area contributed by atoms with E-state index in [-0.39, 0.29) is 30.1 Å². The number of aromatic amines is 1. The summed E-state index contributed by atoms with van der Waals surface area (Å²) in [5.41, 5.74) is 1.02. The van der Waals surface area contributed by atoms with E-state index >= 15 is 0 Å². The summed E-state index contributed by atoms with van der Waals surface area (Å²) in [4.78, 5) is 15.0. The first-order chi connectivity index (χ1) is 10.8. The van der Waals surface area contributed by atoms with Gasteiger partial charge in [0, 0.05) is 24.8 Å². The van der Waals surface area contributed by atoms with Gasteiger partial charge < -0.3 is 10.1 Å². The van der Waals surface area contributed by atoms with Gasteiger partial charge in [0.1, 0.15) is 0 Å². The predicted octanol–water partition coefficient (Wildman–Crippen LogP) is 2.61. The Kier molecular flexibility index (Phi) is 5.81. The van der Waals surface area contributed by atoms with Crippen LogP contribution in [0, 0.1) is 5.92 Å². The van der Waals surface area contributed by atoms with Gasteiger partial charge in [-0.2, -0.15) is 5.10 Å². The van der Waals surface area contributed by atoms with E-state index in [1.807, 2.05) is 6.07 Å². The second kappa shape index (κ2) is 7.45. The summed E-state index contributed by atoms with van der Waals surface area (Å²) >= 11 is 0. The molecule has 1 aliphatic rings. The molecule has 0 bridgehead atoms. The molecule has 130 valence electrons. The number of hydrogen-bond donors (Lipinski definition) is 2. The number of carbonyl (C=O) groups is 1. The highest BCUT2D eigenvalue weighted by molar-refractivity contribution is 5.94. The lowest BCUT2D eigenvalue weighted by Crippen LogP contribution is -2.55. The average Bonchev–Trinajstić information content (AvgIpc) is 2.85. The quantitative estimate of drug-likeness (QED) is 0.874. The Hall–Kier alpha value is -1.40. The number of hydrogen-bond acceptors (Lipinski definition) is 4. The standard InChI is InChI=1S/C17H30N4O2/c1-10(2)14-7-15(20-19-14)18-17(22)16(11(3)4)21-8-12(5)23-13(6)9-21/h7,10-13,16H,8-9H2,1-6H3,(H2,18,19,20,22). The first kappa shape index (κ1) is 17.9. The van der Waals surface area contributed by atoms with Crippen LogP contribution in [0.25, 0.3) is 0 Å². The third kappa shape index (κ3) is 4.54. The first-order valence-corrected chi connectivity index (χ1v) is 8.53. The van der Waals surface area contributed by atoms with E-state index in [2.05, 4.69) is 62.0 Å². The number of nitrogens with zero attached hydrogens (tertiary/aromatic N) is 2. The summed E-state index contributed by atoms with van der Waals surface area (Å²) in [6, 6.07) is 1.73. The lowest BCUT2D eigenvalue weighted by Gasteiger charge is -2.40. The summed E-state index contributed by atoms with van der Waals surface area (Å²) in [6.45, 7) is 14.0. The van der Waals surface area contributed by atoms with Crippen LogP contribution in [0.3, 0.4) is 0 Å². The molecule has 3 unspecified atom stereocenters. The fourth-order valence-corrected chi connectivity index (χ4v) is 3.23. The van der Waals surface area contributed by atoms with E-state index < -0.39 is 0 Å². The number of rotatable bonds is 5. The van der Waals surface area contributed by atoms with E-state index in [0.29, 0.717) is 11.7 Å². The molecule has 1 saturated heterocycles. The second-order valence-electron chi connectivity index (χ2n) is 7.25. The maximum Gasteiger partial charge on any atom is 0.243 e. The molecule has 23 heavy (non-hydrogen) atoms. The number of amides is 1. The molecule has 1 aromatic rings. The molecular formula is C17H30N4O2. The highest BCUT2D eigenvalue weighted by atomic mass is 16.5. The molecule has 6 nitrogen and oxygen atoms in total. The van der Waals surface area contributed by atoms with Gasteiger partial charge in [-0.1, -0.05) is 27.7 Å². The summed E-state index contributed by atoms with van der Waals surface area (Å²) in [5, 5.41) is 10.1. The number of aromatic nitrogens is 2. The highest BCUT2D eigenvalue weighted by Gasteiger charge is 2.34. The summed E-state index contributed by atoms with van der Waals surface area (Å²) in [5.74, 6) is 1.17. The van der Waals surface area contributed by atoms with E-state index in [1.54, 1.807) is 0 Å². The zero-order chi connectivity index (χ0) is 17.1. The smallest absolute Gasteiger partial charge is 0.243 e. The number of H-pyrrole nitrogens is 1. The zero-order valence-corrected chi connectivity index (χ0v) is 15.1. The number of nitrogens with one attached hydrogen (secondary N) is 2. The van der Waals surface area contributed by atoms with Crippen molar-refractivity contribution >= 4 is 11.7 Å². The van der Waals surface area contributed by atoms with Crippen LogP contribution in [0.1, 0.15) is 53.2 Å². The zero-order valence-electron chi connectivity index (χ0n) is 15.1. The monoisotopic (exact) mass is 322 g/mol. The molecule has 1 aromatic heterocycles. The predicted molar refractivity (Wildman–Crippen MR) is 91.5 cm³/mol. The minimum Gasteiger partial charge on any atom is -0.373 e. The lowest BCUT2D eigenvalue weighted by atomic mass is 9.99. The summed E-state index contributed by atoms with van der Waals surface area (Å²) in [6.07, 6.45) is 0.288. The molecule has 2 rings (SSSR count). The van der Waals surface area contributed by atoms with Crippen LogP contribution in [-0.4, -0.2) is 52.3 Å². The van der Waals surface area contributed by atoms with E-state index in [0.717, 1.165) is 18.8 Å². The molecule has 0 aromatic carbocycles. The topological polar surface area (TPSA) is 70.2 Å². The van der Waals surface area contributed by atoms with Crippen LogP contribution in [0.5, 0.6) is 0 Å². The van der Waals surface area contributed by atoms with Crippen LogP contribution in [0.4, 0.5) is 5.82 Å². The first-order valence-electron chi connectivity index (χ1n) is 8.53. The van der Waals surface area contributed by atoms with Gasteiger partial charge in [0.2, 0.25) is 5.91 Å². The van der Waals surface area contributed by atoms with Gasteiger partial charge >= 0.3 is 0 Å². The number of morpholine rings is 1. The van der Waals surface area contributed by atoms with Crippen LogP contribution in [-0.2, 0) is 9.53 Å². The van der Waals surface area contributed by atoms with Crippen molar-refractivity contribution in [2.24, 2.45) is 5.92 Å². The van der Waals surface area contributed by atoms with E-state index in [1.165, 1.54) is 0 Å². The van der Waals surface area contributed by atoms with Gasteiger partial charge in [0.05, 0.1) is 18.2 Å².